The number of amides is 1. The zero-order valence-corrected chi connectivity index (χ0v) is 19.4. The number of anilines is 1. The van der Waals surface area contributed by atoms with Crippen LogP contribution in [-0.2, 0) is 28.0 Å². The van der Waals surface area contributed by atoms with E-state index >= 15 is 0 Å². The van der Waals surface area contributed by atoms with Gasteiger partial charge in [-0.1, -0.05) is 11.1 Å². The molecule has 4 N–H and O–H groups in total. The Morgan fingerprint density at radius 2 is 2.00 bits per heavy atom. The second-order valence-electron chi connectivity index (χ2n) is 6.96. The van der Waals surface area contributed by atoms with Crippen molar-refractivity contribution in [2.24, 2.45) is 5.14 Å². The number of aliphatic hydroxyl groups is 1. The minimum Gasteiger partial charge on any atom is -0.487 e. The van der Waals surface area contributed by atoms with Crippen LogP contribution >= 0.6 is 11.3 Å². The van der Waals surface area contributed by atoms with E-state index in [2.05, 4.69) is 38.4 Å². The predicted octanol–water partition coefficient (Wildman–Crippen LogP) is 1.44. The zero-order valence-electron chi connectivity index (χ0n) is 17.8. The highest BCUT2D eigenvalue weighted by atomic mass is 32.2. The number of aliphatic hydroxyl groups excluding tert-OH is 1. The maximum atomic E-state index is 12.3. The molecule has 0 spiro atoms. The molecule has 0 aliphatic rings. The van der Waals surface area contributed by atoms with Crippen molar-refractivity contribution in [3.63, 3.8) is 0 Å². The van der Waals surface area contributed by atoms with Crippen LogP contribution in [0.3, 0.4) is 0 Å². The first-order chi connectivity index (χ1) is 16.8. The Morgan fingerprint density at radius 3 is 2.74 bits per heavy atom. The second-order valence-corrected chi connectivity index (χ2v) is 9.73. The first-order valence-corrected chi connectivity index (χ1v) is 12.2. The van der Waals surface area contributed by atoms with Gasteiger partial charge in [-0.05, 0) is 48.4 Å². The van der Waals surface area contributed by atoms with Crippen LogP contribution < -0.4 is 15.2 Å². The average Bonchev–Trinajstić information content (AvgIpc) is 3.45. The first kappa shape index (κ1) is 23.7. The van der Waals surface area contributed by atoms with Crippen LogP contribution in [0.5, 0.6) is 5.75 Å². The van der Waals surface area contributed by atoms with Crippen molar-refractivity contribution in [2.45, 2.75) is 17.5 Å². The normalized spacial score (nSPS) is 10.7. The summed E-state index contributed by atoms with van der Waals surface area (Å²) in [5.41, 5.74) is 2.27. The van der Waals surface area contributed by atoms with Gasteiger partial charge in [0.05, 0.1) is 16.4 Å². The van der Waals surface area contributed by atoms with Crippen LogP contribution in [0.4, 0.5) is 5.69 Å². The Balaban J connectivity index is 1.31. The van der Waals surface area contributed by atoms with Crippen molar-refractivity contribution in [3.8, 4) is 29.6 Å². The summed E-state index contributed by atoms with van der Waals surface area (Å²) in [4.78, 5) is 16.3. The number of ether oxygens (including phenoxy) is 1. The number of aromatic nitrogens is 4. The molecule has 0 saturated heterocycles. The van der Waals surface area contributed by atoms with Gasteiger partial charge in [-0.15, -0.1) is 16.4 Å². The van der Waals surface area contributed by atoms with Crippen LogP contribution in [0.1, 0.15) is 11.3 Å². The maximum absolute atomic E-state index is 12.3. The van der Waals surface area contributed by atoms with Gasteiger partial charge < -0.3 is 15.2 Å². The smallest absolute Gasteiger partial charge is 0.265 e. The van der Waals surface area contributed by atoms with E-state index in [9.17, 15) is 13.2 Å². The lowest BCUT2D eigenvalue weighted by Crippen LogP contribution is -2.19. The summed E-state index contributed by atoms with van der Waals surface area (Å²) in [5.74, 6) is 7.64. The number of rotatable bonds is 7. The topological polar surface area (TPSA) is 162 Å². The quantitative estimate of drug-likeness (QED) is 0.316. The summed E-state index contributed by atoms with van der Waals surface area (Å²) in [5, 5.41) is 24.2. The summed E-state index contributed by atoms with van der Waals surface area (Å²) < 4.78 is 30.5. The number of primary sulfonamides is 1. The summed E-state index contributed by atoms with van der Waals surface area (Å²) in [6.45, 7) is 0.0426. The zero-order chi connectivity index (χ0) is 24.8. The molecule has 2 aromatic heterocycles. The molecule has 13 heteroatoms. The lowest BCUT2D eigenvalue weighted by molar-refractivity contribution is -0.116. The number of hydrogen-bond acceptors (Lipinski definition) is 9. The van der Waals surface area contributed by atoms with Crippen LogP contribution in [-0.4, -0.2) is 39.4 Å². The second kappa shape index (κ2) is 10.2. The molecule has 0 bridgehead atoms. The third-order valence-corrected chi connectivity index (χ3v) is 6.69. The highest BCUT2D eigenvalue weighted by molar-refractivity contribution is 7.91. The van der Waals surface area contributed by atoms with Gasteiger partial charge >= 0.3 is 0 Å². The van der Waals surface area contributed by atoms with Crippen molar-refractivity contribution < 1.29 is 23.1 Å². The molecule has 0 fully saturated rings. The van der Waals surface area contributed by atoms with Crippen molar-refractivity contribution in [3.05, 3.63) is 59.9 Å². The summed E-state index contributed by atoms with van der Waals surface area (Å²) in [6.07, 6.45) is 3.29. The van der Waals surface area contributed by atoms with Gasteiger partial charge in [-0.3, -0.25) is 4.79 Å². The number of carbonyl (C=O) groups is 1. The number of nitrogens with two attached hydrogens (primary N) is 1. The molecule has 1 amide bonds. The van der Waals surface area contributed by atoms with Gasteiger partial charge in [0, 0.05) is 17.2 Å². The molecule has 0 unspecified atom stereocenters. The van der Waals surface area contributed by atoms with Gasteiger partial charge in [0.1, 0.15) is 30.7 Å². The van der Waals surface area contributed by atoms with Gasteiger partial charge in [-0.2, -0.15) is 0 Å². The highest BCUT2D eigenvalue weighted by Crippen LogP contribution is 2.28. The molecule has 0 aliphatic carbocycles. The molecule has 4 rings (SSSR count). The molecular formula is C22H16N6O5S2. The molecule has 176 valence electrons. The summed E-state index contributed by atoms with van der Waals surface area (Å²) in [6, 6.07) is 11.8. The van der Waals surface area contributed by atoms with Crippen LogP contribution in [0.15, 0.2) is 53.0 Å². The largest absolute Gasteiger partial charge is 0.487 e. The molecule has 0 saturated carbocycles. The number of benzene rings is 2. The number of hydrogen-bond donors (Lipinski definition) is 3. The molecule has 0 aliphatic heterocycles. The van der Waals surface area contributed by atoms with Crippen molar-refractivity contribution in [2.75, 3.05) is 5.32 Å². The summed E-state index contributed by atoms with van der Waals surface area (Å²) in [7, 11) is -3.87. The van der Waals surface area contributed by atoms with E-state index in [4.69, 9.17) is 15.0 Å². The Labute approximate surface area is 203 Å². The van der Waals surface area contributed by atoms with Crippen LogP contribution in [0.2, 0.25) is 0 Å². The van der Waals surface area contributed by atoms with Crippen molar-refractivity contribution in [1.82, 2.24) is 20.0 Å². The van der Waals surface area contributed by atoms with E-state index in [-0.39, 0.29) is 23.4 Å². The number of nitrogens with one attached hydrogen (secondary N) is 1. The standard InChI is InChI=1S/C22H16N6O5S2/c23-35(31,32)22-25-19-9-8-18(11-20(19)34-22)33-14-17-12-28(27-26-17)13-21(30)24-16-6-4-15(5-7-16)3-1-2-10-29/h4-9,11-12,29H,13-14H2,(H,24,30)(H2,23,31,32). The van der Waals surface area contributed by atoms with E-state index in [1.54, 1.807) is 54.8 Å². The predicted molar refractivity (Wildman–Crippen MR) is 127 cm³/mol. The first-order valence-electron chi connectivity index (χ1n) is 9.80. The average molecular weight is 509 g/mol. The third kappa shape index (κ3) is 6.33. The molecule has 11 nitrogen and oxygen atoms in total. The lowest BCUT2D eigenvalue weighted by atomic mass is 10.2. The Kier molecular flexibility index (Phi) is 6.93. The summed E-state index contributed by atoms with van der Waals surface area (Å²) >= 11 is 0.955. The molecule has 2 aromatic carbocycles. The minimum atomic E-state index is -3.87. The Hall–Kier alpha value is -4.43. The monoisotopic (exact) mass is 508 g/mol. The SMILES string of the molecule is NS(=O)(=O)c1nc2ccc(OCc3cn(CC(=O)Nc4ccc(C#CC#CO)cc4)nn3)cc2s1. The fraction of sp³-hybridized carbons (Fsp3) is 0.0909. The Bertz CT molecular complexity index is 1620. The number of thiazole rings is 1. The molecular weight excluding hydrogens is 492 g/mol. The maximum Gasteiger partial charge on any atom is 0.265 e. The van der Waals surface area contributed by atoms with Crippen LogP contribution in [0.25, 0.3) is 10.2 Å². The highest BCUT2D eigenvalue weighted by Gasteiger charge is 2.15. The third-order valence-electron chi connectivity index (χ3n) is 4.36. The number of carbonyl (C=O) groups excluding carboxylic acids is 1. The van der Waals surface area contributed by atoms with Crippen molar-refractivity contribution in [1.29, 1.82) is 0 Å². The molecule has 2 heterocycles. The Morgan fingerprint density at radius 1 is 1.20 bits per heavy atom. The molecule has 0 radical (unpaired) electrons. The van der Waals surface area contributed by atoms with E-state index in [1.165, 1.54) is 4.68 Å². The number of sulfonamides is 1. The van der Waals surface area contributed by atoms with Gasteiger partial charge in [0.15, 0.2) is 0 Å². The van der Waals surface area contributed by atoms with Gasteiger partial charge in [-0.25, -0.2) is 23.2 Å². The van der Waals surface area contributed by atoms with E-state index in [0.717, 1.165) is 11.3 Å². The fourth-order valence-corrected chi connectivity index (χ4v) is 4.54. The van der Waals surface area contributed by atoms with E-state index in [0.29, 0.717) is 32.9 Å². The van der Waals surface area contributed by atoms with Gasteiger partial charge in [0.25, 0.3) is 10.0 Å². The number of nitrogens with zero attached hydrogens (tertiary/aromatic N) is 4. The molecule has 4 aromatic rings. The van der Waals surface area contributed by atoms with Gasteiger partial charge in [0.2, 0.25) is 10.2 Å². The van der Waals surface area contributed by atoms with Crippen LogP contribution in [0, 0.1) is 23.9 Å². The van der Waals surface area contributed by atoms with E-state index in [1.807, 2.05) is 0 Å². The van der Waals surface area contributed by atoms with Crippen molar-refractivity contribution >= 4 is 43.2 Å². The minimum absolute atomic E-state index is 0.0518. The fourth-order valence-electron chi connectivity index (χ4n) is 2.85. The molecule has 35 heavy (non-hydrogen) atoms. The number of fused-ring (bicyclic) bond motifs is 1. The lowest BCUT2D eigenvalue weighted by Gasteiger charge is -2.05. The molecule has 0 atom stereocenters. The van der Waals surface area contributed by atoms with E-state index < -0.39 is 10.0 Å².